The van der Waals surface area contributed by atoms with Gasteiger partial charge in [-0.05, 0) is 35.9 Å². The second-order valence-electron chi connectivity index (χ2n) is 6.15. The molecule has 1 amide bonds. The number of hydrogen-bond acceptors (Lipinski definition) is 4. The zero-order valence-corrected chi connectivity index (χ0v) is 15.8. The number of amides is 1. The lowest BCUT2D eigenvalue weighted by molar-refractivity contribution is -0.116. The minimum Gasteiger partial charge on any atom is -0.497 e. The van der Waals surface area contributed by atoms with Crippen LogP contribution in [0, 0.1) is 0 Å². The molecule has 2 aromatic carbocycles. The Morgan fingerprint density at radius 3 is 2.54 bits per heavy atom. The molecular formula is C21H22N4O3. The number of carbonyl (C=O) groups is 1. The molecule has 0 fully saturated rings. The predicted octanol–water partition coefficient (Wildman–Crippen LogP) is 2.09. The largest absolute Gasteiger partial charge is 0.497 e. The van der Waals surface area contributed by atoms with Crippen molar-refractivity contribution in [3.05, 3.63) is 76.7 Å². The van der Waals surface area contributed by atoms with Crippen LogP contribution in [0.25, 0.3) is 17.5 Å². The Hall–Kier alpha value is -3.61. The summed E-state index contributed by atoms with van der Waals surface area (Å²) in [6, 6.07) is 16.9. The lowest BCUT2D eigenvalue weighted by Crippen LogP contribution is -2.30. The zero-order valence-electron chi connectivity index (χ0n) is 15.8. The average molecular weight is 378 g/mol. The molecule has 0 aliphatic carbocycles. The molecule has 28 heavy (non-hydrogen) atoms. The monoisotopic (exact) mass is 378 g/mol. The second-order valence-corrected chi connectivity index (χ2v) is 6.15. The van der Waals surface area contributed by atoms with E-state index < -0.39 is 0 Å². The SMILES string of the molecule is COc1ccc(-c2nn(CCNC(=O)/C=C/c3ccccc3)c(=O)n2C)cc1. The highest BCUT2D eigenvalue weighted by Crippen LogP contribution is 2.19. The van der Waals surface area contributed by atoms with E-state index in [4.69, 9.17) is 4.74 Å². The van der Waals surface area contributed by atoms with Gasteiger partial charge in [0.25, 0.3) is 0 Å². The Bertz CT molecular complexity index is 1020. The molecule has 3 rings (SSSR count). The van der Waals surface area contributed by atoms with Crippen molar-refractivity contribution in [3.8, 4) is 17.1 Å². The first-order chi connectivity index (χ1) is 13.6. The third kappa shape index (κ3) is 4.56. The minimum atomic E-state index is -0.236. The molecule has 0 saturated heterocycles. The van der Waals surface area contributed by atoms with Gasteiger partial charge >= 0.3 is 5.69 Å². The third-order valence-electron chi connectivity index (χ3n) is 4.24. The molecule has 7 nitrogen and oxygen atoms in total. The molecule has 0 bridgehead atoms. The third-order valence-corrected chi connectivity index (χ3v) is 4.24. The Labute approximate surface area is 162 Å². The van der Waals surface area contributed by atoms with Crippen LogP contribution >= 0.6 is 0 Å². The lowest BCUT2D eigenvalue weighted by Gasteiger charge is -2.02. The molecule has 1 aromatic heterocycles. The van der Waals surface area contributed by atoms with Crippen LogP contribution in [0.2, 0.25) is 0 Å². The van der Waals surface area contributed by atoms with Gasteiger partial charge in [-0.25, -0.2) is 9.48 Å². The number of carbonyl (C=O) groups excluding carboxylic acids is 1. The molecule has 3 aromatic rings. The van der Waals surface area contributed by atoms with Gasteiger partial charge in [0.1, 0.15) is 5.75 Å². The molecular weight excluding hydrogens is 356 g/mol. The van der Waals surface area contributed by atoms with Crippen molar-refractivity contribution in [2.45, 2.75) is 6.54 Å². The molecule has 0 unspecified atom stereocenters. The minimum absolute atomic E-state index is 0.219. The van der Waals surface area contributed by atoms with Gasteiger partial charge in [0.15, 0.2) is 5.82 Å². The van der Waals surface area contributed by atoms with Gasteiger partial charge in [0.2, 0.25) is 5.91 Å². The molecule has 0 atom stereocenters. The quantitative estimate of drug-likeness (QED) is 0.639. The predicted molar refractivity (Wildman–Crippen MR) is 108 cm³/mol. The topological polar surface area (TPSA) is 78.2 Å². The van der Waals surface area contributed by atoms with Gasteiger partial charge in [-0.15, -0.1) is 5.10 Å². The summed E-state index contributed by atoms with van der Waals surface area (Å²) in [5.74, 6) is 1.07. The van der Waals surface area contributed by atoms with Crippen LogP contribution < -0.4 is 15.7 Å². The molecule has 144 valence electrons. The normalized spacial score (nSPS) is 10.9. The van der Waals surface area contributed by atoms with E-state index in [0.29, 0.717) is 12.4 Å². The summed E-state index contributed by atoms with van der Waals surface area (Å²) in [7, 11) is 3.27. The fraction of sp³-hybridized carbons (Fsp3) is 0.190. The number of rotatable bonds is 7. The number of nitrogens with one attached hydrogen (secondary N) is 1. The van der Waals surface area contributed by atoms with Crippen LogP contribution in [0.3, 0.4) is 0 Å². The van der Waals surface area contributed by atoms with Crippen LogP contribution in [-0.4, -0.2) is 33.9 Å². The Morgan fingerprint density at radius 2 is 1.86 bits per heavy atom. The second kappa shape index (κ2) is 8.85. The van der Waals surface area contributed by atoms with Crippen LogP contribution in [0.1, 0.15) is 5.56 Å². The number of hydrogen-bond donors (Lipinski definition) is 1. The Morgan fingerprint density at radius 1 is 1.14 bits per heavy atom. The maximum atomic E-state index is 12.4. The average Bonchev–Trinajstić information content (AvgIpc) is 3.02. The van der Waals surface area contributed by atoms with E-state index in [1.807, 2.05) is 54.6 Å². The first kappa shape index (κ1) is 19.2. The molecule has 0 saturated carbocycles. The first-order valence-corrected chi connectivity index (χ1v) is 8.87. The summed E-state index contributed by atoms with van der Waals surface area (Å²) in [6.07, 6.45) is 3.21. The zero-order chi connectivity index (χ0) is 19.9. The van der Waals surface area contributed by atoms with Gasteiger partial charge in [0, 0.05) is 25.2 Å². The fourth-order valence-electron chi connectivity index (χ4n) is 2.71. The number of nitrogens with zero attached hydrogens (tertiary/aromatic N) is 3. The highest BCUT2D eigenvalue weighted by atomic mass is 16.5. The molecule has 1 heterocycles. The molecule has 0 aliphatic heterocycles. The van der Waals surface area contributed by atoms with E-state index in [1.165, 1.54) is 15.3 Å². The summed E-state index contributed by atoms with van der Waals surface area (Å²) in [6.45, 7) is 0.588. The van der Waals surface area contributed by atoms with E-state index in [1.54, 1.807) is 20.2 Å². The van der Waals surface area contributed by atoms with Crippen molar-refractivity contribution >= 4 is 12.0 Å². The van der Waals surface area contributed by atoms with E-state index in [2.05, 4.69) is 10.4 Å². The number of ether oxygens (including phenoxy) is 1. The maximum absolute atomic E-state index is 12.4. The standard InChI is InChI=1S/C21H22N4O3/c1-24-20(17-9-11-18(28-2)12-10-17)23-25(21(24)27)15-14-22-19(26)13-8-16-6-4-3-5-7-16/h3-13H,14-15H2,1-2H3,(H,22,26)/b13-8+. The van der Waals surface area contributed by atoms with Gasteiger partial charge in [0.05, 0.1) is 13.7 Å². The summed E-state index contributed by atoms with van der Waals surface area (Å²) >= 11 is 0. The van der Waals surface area contributed by atoms with Crippen molar-refractivity contribution in [3.63, 3.8) is 0 Å². The molecule has 0 aliphatic rings. The summed E-state index contributed by atoms with van der Waals surface area (Å²) in [5, 5.41) is 7.14. The number of benzene rings is 2. The molecule has 1 N–H and O–H groups in total. The first-order valence-electron chi connectivity index (χ1n) is 8.87. The van der Waals surface area contributed by atoms with Gasteiger partial charge < -0.3 is 10.1 Å². The van der Waals surface area contributed by atoms with Crippen LogP contribution in [0.15, 0.2) is 65.5 Å². The van der Waals surface area contributed by atoms with Crippen LogP contribution in [0.4, 0.5) is 0 Å². The summed E-state index contributed by atoms with van der Waals surface area (Å²) in [5.41, 5.74) is 1.52. The molecule has 0 radical (unpaired) electrons. The van der Waals surface area contributed by atoms with Crippen molar-refractivity contribution in [1.29, 1.82) is 0 Å². The Kier molecular flexibility index (Phi) is 6.06. The van der Waals surface area contributed by atoms with Gasteiger partial charge in [-0.1, -0.05) is 30.3 Å². The van der Waals surface area contributed by atoms with Crippen LogP contribution in [-0.2, 0) is 18.4 Å². The van der Waals surface area contributed by atoms with E-state index in [-0.39, 0.29) is 18.1 Å². The van der Waals surface area contributed by atoms with Crippen molar-refractivity contribution in [2.75, 3.05) is 13.7 Å². The van der Waals surface area contributed by atoms with E-state index in [0.717, 1.165) is 16.9 Å². The molecule has 0 spiro atoms. The van der Waals surface area contributed by atoms with Gasteiger partial charge in [-0.2, -0.15) is 0 Å². The maximum Gasteiger partial charge on any atom is 0.345 e. The van der Waals surface area contributed by atoms with Crippen molar-refractivity contribution < 1.29 is 9.53 Å². The highest BCUT2D eigenvalue weighted by Gasteiger charge is 2.12. The van der Waals surface area contributed by atoms with Crippen LogP contribution in [0.5, 0.6) is 5.75 Å². The van der Waals surface area contributed by atoms with E-state index >= 15 is 0 Å². The highest BCUT2D eigenvalue weighted by molar-refractivity contribution is 5.91. The number of aromatic nitrogens is 3. The van der Waals surface area contributed by atoms with Crippen molar-refractivity contribution in [2.24, 2.45) is 7.05 Å². The summed E-state index contributed by atoms with van der Waals surface area (Å²) < 4.78 is 7.98. The summed E-state index contributed by atoms with van der Waals surface area (Å²) in [4.78, 5) is 24.3. The van der Waals surface area contributed by atoms with Gasteiger partial charge in [-0.3, -0.25) is 9.36 Å². The lowest BCUT2D eigenvalue weighted by atomic mass is 10.2. The Balaban J connectivity index is 1.61. The smallest absolute Gasteiger partial charge is 0.345 e. The number of methoxy groups -OCH3 is 1. The fourth-order valence-corrected chi connectivity index (χ4v) is 2.71. The van der Waals surface area contributed by atoms with E-state index in [9.17, 15) is 9.59 Å². The molecule has 7 heteroatoms. The van der Waals surface area contributed by atoms with Crippen molar-refractivity contribution in [1.82, 2.24) is 19.7 Å².